The maximum Gasteiger partial charge on any atom is 0.343 e. The summed E-state index contributed by atoms with van der Waals surface area (Å²) in [6, 6.07) is 12.5. The molecule has 10 nitrogen and oxygen atoms in total. The Morgan fingerprint density at radius 1 is 1.23 bits per heavy atom. The van der Waals surface area contributed by atoms with Crippen LogP contribution in [0.1, 0.15) is 22.8 Å². The minimum atomic E-state index is -3.57. The molecule has 3 rings (SSSR count). The molecule has 3 aromatic rings. The number of hydrogen-bond acceptors (Lipinski definition) is 10. The van der Waals surface area contributed by atoms with E-state index in [0.29, 0.717) is 22.6 Å². The summed E-state index contributed by atoms with van der Waals surface area (Å²) in [6.07, 6.45) is 1.26. The first-order valence-corrected chi connectivity index (χ1v) is 12.7. The number of hydrogen-bond donors (Lipinski definition) is 1. The molecule has 0 radical (unpaired) electrons. The first kappa shape index (κ1) is 25.8. The number of esters is 1. The fraction of sp³-hybridized carbons (Fsp3) is 0.136. The summed E-state index contributed by atoms with van der Waals surface area (Å²) in [5.41, 5.74) is 0.353. The van der Waals surface area contributed by atoms with E-state index in [0.717, 1.165) is 0 Å². The van der Waals surface area contributed by atoms with Gasteiger partial charge in [0.1, 0.15) is 23.1 Å². The van der Waals surface area contributed by atoms with Gasteiger partial charge in [0.25, 0.3) is 5.91 Å². The fourth-order valence-corrected chi connectivity index (χ4v) is 4.80. The average Bonchev–Trinajstić information content (AvgIpc) is 3.33. The van der Waals surface area contributed by atoms with Crippen LogP contribution in [-0.4, -0.2) is 43.4 Å². The maximum absolute atomic E-state index is 12.5. The lowest BCUT2D eigenvalue weighted by Gasteiger charge is -2.08. The molecule has 0 spiro atoms. The second-order valence-electron chi connectivity index (χ2n) is 6.71. The highest BCUT2D eigenvalue weighted by Gasteiger charge is 2.20. The van der Waals surface area contributed by atoms with Crippen molar-refractivity contribution in [1.29, 1.82) is 5.26 Å². The summed E-state index contributed by atoms with van der Waals surface area (Å²) in [4.78, 5) is 24.9. The predicted octanol–water partition coefficient (Wildman–Crippen LogP) is 3.76. The molecular formula is C22H17ClN4O6S2. The fourth-order valence-electron chi connectivity index (χ4n) is 2.59. The van der Waals surface area contributed by atoms with E-state index in [-0.39, 0.29) is 37.1 Å². The number of anilines is 1. The summed E-state index contributed by atoms with van der Waals surface area (Å²) >= 11 is 6.91. The number of rotatable bonds is 8. The Bertz CT molecular complexity index is 1460. The molecule has 2 aromatic carbocycles. The van der Waals surface area contributed by atoms with Crippen molar-refractivity contribution in [2.75, 3.05) is 18.2 Å². The van der Waals surface area contributed by atoms with Gasteiger partial charge in [-0.05, 0) is 42.0 Å². The van der Waals surface area contributed by atoms with Crippen LogP contribution in [0.3, 0.4) is 0 Å². The van der Waals surface area contributed by atoms with Crippen molar-refractivity contribution in [2.45, 2.75) is 11.3 Å². The number of halogens is 1. The van der Waals surface area contributed by atoms with Crippen molar-refractivity contribution in [2.24, 2.45) is 0 Å². The van der Waals surface area contributed by atoms with Gasteiger partial charge in [0.2, 0.25) is 19.3 Å². The second-order valence-corrected chi connectivity index (χ2v) is 10.5. The van der Waals surface area contributed by atoms with Gasteiger partial charge in [-0.15, -0.1) is 10.2 Å². The van der Waals surface area contributed by atoms with Crippen molar-refractivity contribution in [3.8, 4) is 17.6 Å². The Kier molecular flexibility index (Phi) is 8.18. The number of sulfone groups is 1. The topological polar surface area (TPSA) is 148 Å². The number of ether oxygens (including phenoxy) is 2. The van der Waals surface area contributed by atoms with E-state index in [2.05, 4.69) is 15.5 Å². The quantitative estimate of drug-likeness (QED) is 0.150. The summed E-state index contributed by atoms with van der Waals surface area (Å²) in [5.74, 6) is -1.05. The number of nitrogens with zero attached hydrogens (tertiary/aromatic N) is 3. The van der Waals surface area contributed by atoms with Crippen molar-refractivity contribution >= 4 is 55.9 Å². The van der Waals surface area contributed by atoms with Gasteiger partial charge >= 0.3 is 5.97 Å². The summed E-state index contributed by atoms with van der Waals surface area (Å²) < 4.78 is 33.9. The van der Waals surface area contributed by atoms with Crippen molar-refractivity contribution in [3.05, 3.63) is 64.2 Å². The highest BCUT2D eigenvalue weighted by Crippen LogP contribution is 2.28. The van der Waals surface area contributed by atoms with Crippen molar-refractivity contribution in [3.63, 3.8) is 0 Å². The number of methoxy groups -OCH3 is 1. The second kappa shape index (κ2) is 11.1. The number of aromatic nitrogens is 2. The van der Waals surface area contributed by atoms with E-state index in [4.69, 9.17) is 21.1 Å². The maximum atomic E-state index is 12.5. The van der Waals surface area contributed by atoms with Gasteiger partial charge < -0.3 is 9.47 Å². The van der Waals surface area contributed by atoms with Gasteiger partial charge in [-0.3, -0.25) is 10.1 Å². The van der Waals surface area contributed by atoms with Gasteiger partial charge in [-0.2, -0.15) is 5.26 Å². The summed E-state index contributed by atoms with van der Waals surface area (Å²) in [6.45, 7) is 1.46. The van der Waals surface area contributed by atoms with Gasteiger partial charge in [-0.25, -0.2) is 13.2 Å². The van der Waals surface area contributed by atoms with E-state index in [1.54, 1.807) is 24.3 Å². The van der Waals surface area contributed by atoms with Gasteiger partial charge in [-0.1, -0.05) is 42.0 Å². The van der Waals surface area contributed by atoms with Crippen molar-refractivity contribution in [1.82, 2.24) is 10.2 Å². The summed E-state index contributed by atoms with van der Waals surface area (Å²) in [5, 5.41) is 18.9. The van der Waals surface area contributed by atoms with Gasteiger partial charge in [0.15, 0.2) is 0 Å². The van der Waals surface area contributed by atoms with E-state index >= 15 is 0 Å². The lowest BCUT2D eigenvalue weighted by molar-refractivity contribution is -0.112. The minimum absolute atomic E-state index is 0.0685. The molecule has 0 aliphatic carbocycles. The van der Waals surface area contributed by atoms with E-state index in [1.807, 2.05) is 0 Å². The number of carbonyl (C=O) groups is 2. The van der Waals surface area contributed by atoms with Crippen LogP contribution in [0, 0.1) is 11.3 Å². The lowest BCUT2D eigenvalue weighted by Crippen LogP contribution is -2.13. The molecule has 0 saturated carbocycles. The lowest BCUT2D eigenvalue weighted by atomic mass is 10.1. The number of carbonyl (C=O) groups excluding carboxylic acids is 2. The third-order valence-corrected chi connectivity index (χ3v) is 7.73. The molecule has 0 saturated heterocycles. The highest BCUT2D eigenvalue weighted by atomic mass is 35.5. The Morgan fingerprint density at radius 3 is 2.66 bits per heavy atom. The normalized spacial score (nSPS) is 11.4. The first-order valence-electron chi connectivity index (χ1n) is 9.82. The Hall–Kier alpha value is -3.79. The molecule has 13 heteroatoms. The van der Waals surface area contributed by atoms with Crippen LogP contribution < -0.4 is 14.8 Å². The molecule has 180 valence electrons. The minimum Gasteiger partial charge on any atom is -0.497 e. The van der Waals surface area contributed by atoms with Gasteiger partial charge in [0.05, 0.1) is 23.4 Å². The number of nitriles is 1. The van der Waals surface area contributed by atoms with Crippen LogP contribution in [0.2, 0.25) is 5.02 Å². The smallest absolute Gasteiger partial charge is 0.343 e. The monoisotopic (exact) mass is 532 g/mol. The predicted molar refractivity (Wildman–Crippen MR) is 129 cm³/mol. The van der Waals surface area contributed by atoms with Crippen LogP contribution >= 0.6 is 22.9 Å². The van der Waals surface area contributed by atoms with Crippen molar-refractivity contribution < 1.29 is 27.5 Å². The van der Waals surface area contributed by atoms with E-state index < -0.39 is 21.7 Å². The molecule has 0 aliphatic heterocycles. The van der Waals surface area contributed by atoms with E-state index in [1.165, 1.54) is 44.4 Å². The average molecular weight is 533 g/mol. The molecule has 1 N–H and O–H groups in total. The zero-order valence-corrected chi connectivity index (χ0v) is 20.7. The molecule has 0 bridgehead atoms. The molecule has 0 aliphatic rings. The number of benzene rings is 2. The van der Waals surface area contributed by atoms with Crippen LogP contribution in [0.4, 0.5) is 5.13 Å². The third kappa shape index (κ3) is 6.42. The van der Waals surface area contributed by atoms with Crippen LogP contribution in [0.5, 0.6) is 11.5 Å². The number of nitrogens with one attached hydrogen (secondary N) is 1. The third-order valence-electron chi connectivity index (χ3n) is 4.41. The zero-order valence-electron chi connectivity index (χ0n) is 18.3. The largest absolute Gasteiger partial charge is 0.497 e. The first-order chi connectivity index (χ1) is 16.7. The molecule has 1 heterocycles. The summed E-state index contributed by atoms with van der Waals surface area (Å²) in [7, 11) is -2.09. The van der Waals surface area contributed by atoms with Crippen LogP contribution in [-0.2, 0) is 14.6 Å². The Morgan fingerprint density at radius 2 is 2.00 bits per heavy atom. The molecule has 0 unspecified atom stereocenters. The highest BCUT2D eigenvalue weighted by molar-refractivity contribution is 7.93. The Balaban J connectivity index is 1.74. The SMILES string of the molecule is CCS(=O)(=O)c1nnc(NC(=O)C(C#N)=Cc2ccc(OC(=O)c3cccc(OC)c3)c(Cl)c2)s1. The molecule has 0 atom stereocenters. The van der Waals surface area contributed by atoms with E-state index in [9.17, 15) is 23.3 Å². The molecule has 1 aromatic heterocycles. The standard InChI is InChI=1S/C22H17ClN4O6S2/c1-3-35(30,31)22-27-26-21(34-22)25-19(28)15(12-24)9-13-7-8-18(17(23)10-13)33-20(29)14-5-4-6-16(11-14)32-2/h4-11H,3H2,1-2H3,(H,25,26,28). The zero-order chi connectivity index (χ0) is 25.6. The number of amides is 1. The molecule has 35 heavy (non-hydrogen) atoms. The van der Waals surface area contributed by atoms with Gasteiger partial charge in [0, 0.05) is 0 Å². The molecule has 1 amide bonds. The molecule has 0 fully saturated rings. The Labute approximate surface area is 209 Å². The van der Waals surface area contributed by atoms with Crippen LogP contribution in [0.15, 0.2) is 52.4 Å². The van der Waals surface area contributed by atoms with Crippen LogP contribution in [0.25, 0.3) is 6.08 Å². The molecular weight excluding hydrogens is 516 g/mol.